The predicted octanol–water partition coefficient (Wildman–Crippen LogP) is 3.00. The molecule has 0 saturated heterocycles. The van der Waals surface area contributed by atoms with Crippen molar-refractivity contribution < 1.29 is 4.52 Å². The quantitative estimate of drug-likeness (QED) is 0.721. The lowest BCUT2D eigenvalue weighted by molar-refractivity contribution is 0.432. The van der Waals surface area contributed by atoms with Gasteiger partial charge in [-0.3, -0.25) is 4.98 Å². The van der Waals surface area contributed by atoms with E-state index in [4.69, 9.17) is 10.3 Å². The maximum Gasteiger partial charge on any atom is 0.258 e. The minimum Gasteiger partial charge on any atom is -0.398 e. The van der Waals surface area contributed by atoms with Crippen LogP contribution in [-0.4, -0.2) is 15.1 Å². The lowest BCUT2D eigenvalue weighted by atomic mass is 10.1. The second-order valence-electron chi connectivity index (χ2n) is 4.66. The number of aryl methyl sites for hydroxylation is 2. The van der Waals surface area contributed by atoms with Gasteiger partial charge in [0.2, 0.25) is 5.82 Å². The van der Waals surface area contributed by atoms with Crippen LogP contribution in [0.15, 0.2) is 41.1 Å². The van der Waals surface area contributed by atoms with E-state index >= 15 is 0 Å². The summed E-state index contributed by atoms with van der Waals surface area (Å²) in [5.41, 5.74) is 10.2. The zero-order chi connectivity index (χ0) is 14.1. The molecule has 0 atom stereocenters. The molecule has 5 heteroatoms. The Labute approximate surface area is 116 Å². The number of anilines is 1. The van der Waals surface area contributed by atoms with Crippen molar-refractivity contribution in [3.05, 3.63) is 47.7 Å². The van der Waals surface area contributed by atoms with E-state index in [1.165, 1.54) is 0 Å². The molecule has 0 aliphatic heterocycles. The maximum absolute atomic E-state index is 5.90. The van der Waals surface area contributed by atoms with Crippen molar-refractivity contribution in [2.24, 2.45) is 0 Å². The van der Waals surface area contributed by atoms with Crippen molar-refractivity contribution in [3.8, 4) is 23.0 Å². The Kier molecular flexibility index (Phi) is 2.95. The van der Waals surface area contributed by atoms with Crippen molar-refractivity contribution in [1.29, 1.82) is 0 Å². The summed E-state index contributed by atoms with van der Waals surface area (Å²) < 4.78 is 5.30. The Morgan fingerprint density at radius 3 is 2.70 bits per heavy atom. The summed E-state index contributed by atoms with van der Waals surface area (Å²) in [6.07, 6.45) is 1.71. The van der Waals surface area contributed by atoms with Gasteiger partial charge in [-0.2, -0.15) is 4.98 Å². The van der Waals surface area contributed by atoms with Crippen LogP contribution in [0.5, 0.6) is 0 Å². The summed E-state index contributed by atoms with van der Waals surface area (Å²) in [5, 5.41) is 3.99. The Bertz CT molecular complexity index is 764. The maximum atomic E-state index is 5.90. The van der Waals surface area contributed by atoms with Gasteiger partial charge in [-0.1, -0.05) is 17.3 Å². The van der Waals surface area contributed by atoms with Crippen LogP contribution in [0.3, 0.4) is 0 Å². The molecule has 0 fully saturated rings. The molecule has 3 aromatic rings. The number of benzene rings is 1. The Balaban J connectivity index is 2.02. The largest absolute Gasteiger partial charge is 0.398 e. The standard InChI is InChI=1S/C15H14N4O/c1-9-5-6-11(8-12(9)16)15-18-14(19-20-15)13-10(2)4-3-7-17-13/h3-8H,16H2,1-2H3. The van der Waals surface area contributed by atoms with Gasteiger partial charge >= 0.3 is 0 Å². The van der Waals surface area contributed by atoms with Gasteiger partial charge in [0.15, 0.2) is 0 Å². The molecule has 0 spiro atoms. The van der Waals surface area contributed by atoms with Crippen LogP contribution < -0.4 is 5.73 Å². The fraction of sp³-hybridized carbons (Fsp3) is 0.133. The van der Waals surface area contributed by atoms with Gasteiger partial charge in [-0.25, -0.2) is 0 Å². The third-order valence-electron chi connectivity index (χ3n) is 3.17. The van der Waals surface area contributed by atoms with Crippen molar-refractivity contribution in [2.75, 3.05) is 5.73 Å². The molecule has 0 saturated carbocycles. The van der Waals surface area contributed by atoms with E-state index in [0.29, 0.717) is 17.4 Å². The number of rotatable bonds is 2. The van der Waals surface area contributed by atoms with Gasteiger partial charge in [-0.15, -0.1) is 0 Å². The number of pyridine rings is 1. The van der Waals surface area contributed by atoms with E-state index in [-0.39, 0.29) is 0 Å². The molecule has 0 aliphatic rings. The van der Waals surface area contributed by atoms with Crippen molar-refractivity contribution >= 4 is 5.69 Å². The van der Waals surface area contributed by atoms with E-state index in [0.717, 1.165) is 22.4 Å². The molecule has 100 valence electrons. The van der Waals surface area contributed by atoms with Crippen molar-refractivity contribution in [3.63, 3.8) is 0 Å². The summed E-state index contributed by atoms with van der Waals surface area (Å²) in [4.78, 5) is 8.66. The van der Waals surface area contributed by atoms with Crippen LogP contribution in [0.1, 0.15) is 11.1 Å². The van der Waals surface area contributed by atoms with Gasteiger partial charge < -0.3 is 10.3 Å². The topological polar surface area (TPSA) is 77.8 Å². The Morgan fingerprint density at radius 1 is 1.10 bits per heavy atom. The van der Waals surface area contributed by atoms with E-state index in [1.54, 1.807) is 6.20 Å². The summed E-state index contributed by atoms with van der Waals surface area (Å²) >= 11 is 0. The summed E-state index contributed by atoms with van der Waals surface area (Å²) in [5.74, 6) is 0.925. The minimum atomic E-state index is 0.441. The van der Waals surface area contributed by atoms with Gasteiger partial charge in [-0.05, 0) is 43.2 Å². The second-order valence-corrected chi connectivity index (χ2v) is 4.66. The van der Waals surface area contributed by atoms with E-state index in [2.05, 4.69) is 15.1 Å². The first-order chi connectivity index (χ1) is 9.65. The molecule has 5 nitrogen and oxygen atoms in total. The number of nitrogen functional groups attached to an aromatic ring is 1. The van der Waals surface area contributed by atoms with E-state index in [9.17, 15) is 0 Å². The summed E-state index contributed by atoms with van der Waals surface area (Å²) in [6, 6.07) is 9.51. The minimum absolute atomic E-state index is 0.441. The molecule has 0 unspecified atom stereocenters. The SMILES string of the molecule is Cc1ccc(-c2nc(-c3ncccc3C)no2)cc1N. The van der Waals surface area contributed by atoms with Crippen molar-refractivity contribution in [1.82, 2.24) is 15.1 Å². The predicted molar refractivity (Wildman–Crippen MR) is 76.9 cm³/mol. The highest BCUT2D eigenvalue weighted by Crippen LogP contribution is 2.25. The molecule has 1 aromatic carbocycles. The van der Waals surface area contributed by atoms with Crippen LogP contribution in [0.25, 0.3) is 23.0 Å². The first-order valence-electron chi connectivity index (χ1n) is 6.27. The number of aromatic nitrogens is 3. The van der Waals surface area contributed by atoms with Crippen LogP contribution in [0.2, 0.25) is 0 Å². The van der Waals surface area contributed by atoms with Gasteiger partial charge in [0.05, 0.1) is 0 Å². The Morgan fingerprint density at radius 2 is 1.95 bits per heavy atom. The van der Waals surface area contributed by atoms with Crippen LogP contribution in [-0.2, 0) is 0 Å². The van der Waals surface area contributed by atoms with Gasteiger partial charge in [0.1, 0.15) is 5.69 Å². The molecule has 0 amide bonds. The Hall–Kier alpha value is -2.69. The monoisotopic (exact) mass is 266 g/mol. The molecule has 0 bridgehead atoms. The van der Waals surface area contributed by atoms with Crippen LogP contribution >= 0.6 is 0 Å². The highest BCUT2D eigenvalue weighted by Gasteiger charge is 2.13. The fourth-order valence-corrected chi connectivity index (χ4v) is 1.93. The summed E-state index contributed by atoms with van der Waals surface area (Å²) in [7, 11) is 0. The molecule has 0 aliphatic carbocycles. The number of nitrogens with zero attached hydrogens (tertiary/aromatic N) is 3. The average Bonchev–Trinajstić information content (AvgIpc) is 2.92. The molecule has 20 heavy (non-hydrogen) atoms. The molecule has 2 heterocycles. The third-order valence-corrected chi connectivity index (χ3v) is 3.17. The average molecular weight is 266 g/mol. The van der Waals surface area contributed by atoms with Crippen LogP contribution in [0, 0.1) is 13.8 Å². The zero-order valence-electron chi connectivity index (χ0n) is 11.3. The van der Waals surface area contributed by atoms with E-state index < -0.39 is 0 Å². The summed E-state index contributed by atoms with van der Waals surface area (Å²) in [6.45, 7) is 3.91. The fourth-order valence-electron chi connectivity index (χ4n) is 1.93. The molecule has 2 aromatic heterocycles. The lowest BCUT2D eigenvalue weighted by Gasteiger charge is -2.00. The second kappa shape index (κ2) is 4.77. The number of hydrogen-bond donors (Lipinski definition) is 1. The third kappa shape index (κ3) is 2.14. The smallest absolute Gasteiger partial charge is 0.258 e. The number of nitrogens with two attached hydrogens (primary N) is 1. The molecule has 2 N–H and O–H groups in total. The zero-order valence-corrected chi connectivity index (χ0v) is 11.3. The van der Waals surface area contributed by atoms with Gasteiger partial charge in [0.25, 0.3) is 5.89 Å². The van der Waals surface area contributed by atoms with E-state index in [1.807, 2.05) is 44.2 Å². The van der Waals surface area contributed by atoms with Crippen molar-refractivity contribution in [2.45, 2.75) is 13.8 Å². The molecular formula is C15H14N4O. The first kappa shape index (κ1) is 12.3. The molecule has 3 rings (SSSR count). The highest BCUT2D eigenvalue weighted by atomic mass is 16.5. The normalized spacial score (nSPS) is 10.7. The van der Waals surface area contributed by atoms with Gasteiger partial charge in [0, 0.05) is 17.4 Å². The number of hydrogen-bond acceptors (Lipinski definition) is 5. The molecular weight excluding hydrogens is 252 g/mol. The molecule has 0 radical (unpaired) electrons. The highest BCUT2D eigenvalue weighted by molar-refractivity contribution is 5.64. The van der Waals surface area contributed by atoms with Crippen LogP contribution in [0.4, 0.5) is 5.69 Å². The first-order valence-corrected chi connectivity index (χ1v) is 6.27. The lowest BCUT2D eigenvalue weighted by Crippen LogP contribution is -1.91.